The van der Waals surface area contributed by atoms with Gasteiger partial charge in [-0.05, 0) is 24.1 Å². The highest BCUT2D eigenvalue weighted by molar-refractivity contribution is 6.35. The lowest BCUT2D eigenvalue weighted by atomic mass is 10.1. The Morgan fingerprint density at radius 2 is 1.90 bits per heavy atom. The molecule has 0 radical (unpaired) electrons. The minimum Gasteiger partial charge on any atom is -0.311 e. The van der Waals surface area contributed by atoms with Crippen LogP contribution in [0.5, 0.6) is 0 Å². The Hall–Kier alpha value is -1.91. The van der Waals surface area contributed by atoms with E-state index in [1.807, 2.05) is 10.6 Å². The molecule has 0 saturated carbocycles. The molecule has 0 aliphatic carbocycles. The lowest BCUT2D eigenvalue weighted by molar-refractivity contribution is 0.839. The normalized spacial score (nSPS) is 11.6. The Morgan fingerprint density at radius 1 is 1.14 bits per heavy atom. The molecule has 0 aliphatic rings. The van der Waals surface area contributed by atoms with E-state index < -0.39 is 0 Å². The molecule has 2 heterocycles. The zero-order valence-corrected chi connectivity index (χ0v) is 12.8. The van der Waals surface area contributed by atoms with E-state index in [0.717, 1.165) is 5.56 Å². The summed E-state index contributed by atoms with van der Waals surface area (Å²) in [5.74, 6) is 0. The third kappa shape index (κ3) is 3.06. The third-order valence-corrected chi connectivity index (χ3v) is 3.52. The van der Waals surface area contributed by atoms with Crippen LogP contribution >= 0.6 is 23.2 Å². The number of hydrogen-bond acceptors (Lipinski definition) is 3. The summed E-state index contributed by atoms with van der Waals surface area (Å²) in [7, 11) is 0. The molecular formula is C15H12Cl2N4. The van der Waals surface area contributed by atoms with Crippen LogP contribution in [0.15, 0.2) is 36.7 Å². The van der Waals surface area contributed by atoms with Crippen molar-refractivity contribution in [3.8, 4) is 0 Å². The summed E-state index contributed by atoms with van der Waals surface area (Å²) in [6.45, 7) is 2.70. The Morgan fingerprint density at radius 3 is 2.67 bits per heavy atom. The Kier molecular flexibility index (Phi) is 3.90. The van der Waals surface area contributed by atoms with Crippen LogP contribution in [0.2, 0.25) is 10.4 Å². The minimum absolute atomic E-state index is 0.122. The molecule has 0 amide bonds. The van der Waals surface area contributed by atoms with Crippen molar-refractivity contribution in [1.29, 1.82) is 0 Å². The molecule has 6 heteroatoms. The molecule has 4 nitrogen and oxygen atoms in total. The number of nitrogens with zero attached hydrogens (tertiary/aromatic N) is 4. The van der Waals surface area contributed by atoms with Gasteiger partial charge >= 0.3 is 0 Å². The first kappa shape index (κ1) is 14.0. The first-order chi connectivity index (χ1) is 10.1. The quantitative estimate of drug-likeness (QED) is 0.538. The molecule has 0 spiro atoms. The summed E-state index contributed by atoms with van der Waals surface area (Å²) in [6.07, 6.45) is 5.77. The van der Waals surface area contributed by atoms with Crippen molar-refractivity contribution in [2.45, 2.75) is 13.5 Å². The maximum absolute atomic E-state index is 5.99. The molecule has 1 aromatic carbocycles. The number of aromatic nitrogens is 4. The summed E-state index contributed by atoms with van der Waals surface area (Å²) >= 11 is 11.8. The van der Waals surface area contributed by atoms with Gasteiger partial charge in [-0.15, -0.1) is 0 Å². The second-order valence-electron chi connectivity index (χ2n) is 4.67. The topological polar surface area (TPSA) is 43.6 Å². The van der Waals surface area contributed by atoms with Crippen LogP contribution < -0.4 is 0 Å². The van der Waals surface area contributed by atoms with E-state index in [0.29, 0.717) is 17.7 Å². The highest BCUT2D eigenvalue weighted by Gasteiger charge is 2.09. The van der Waals surface area contributed by atoms with Gasteiger partial charge in [0.15, 0.2) is 10.8 Å². The van der Waals surface area contributed by atoms with Crippen molar-refractivity contribution in [2.75, 3.05) is 0 Å². The number of fused-ring (bicyclic) bond motifs is 1. The van der Waals surface area contributed by atoms with Crippen LogP contribution in [0.1, 0.15) is 11.1 Å². The van der Waals surface area contributed by atoms with E-state index in [1.165, 1.54) is 5.56 Å². The van der Waals surface area contributed by atoms with Crippen molar-refractivity contribution in [3.05, 3.63) is 58.2 Å². The molecule has 0 N–H and O–H groups in total. The fraction of sp³-hybridized carbons (Fsp3) is 0.133. The molecular weight excluding hydrogens is 307 g/mol. The highest BCUT2D eigenvalue weighted by Crippen LogP contribution is 2.20. The summed E-state index contributed by atoms with van der Waals surface area (Å²) in [4.78, 5) is 12.3. The summed E-state index contributed by atoms with van der Waals surface area (Å²) in [6, 6.07) is 8.32. The number of aryl methyl sites for hydroxylation is 1. The standard InChI is InChI=1S/C15H12Cl2N4/c1-10-4-6-11(7-5-10)3-2-8-21-9-18-12-13(16)19-15(17)20-14(12)21/h2-7,9H,8H2,1H3/b3-2+. The van der Waals surface area contributed by atoms with Crippen molar-refractivity contribution >= 4 is 40.4 Å². The number of halogens is 2. The first-order valence-electron chi connectivity index (χ1n) is 6.40. The lowest BCUT2D eigenvalue weighted by Crippen LogP contribution is -1.96. The highest BCUT2D eigenvalue weighted by atomic mass is 35.5. The predicted molar refractivity (Wildman–Crippen MR) is 85.6 cm³/mol. The van der Waals surface area contributed by atoms with E-state index in [4.69, 9.17) is 23.2 Å². The maximum atomic E-state index is 5.99. The Labute approximate surface area is 132 Å². The van der Waals surface area contributed by atoms with E-state index in [2.05, 4.69) is 52.2 Å². The number of benzene rings is 1. The average molecular weight is 319 g/mol. The van der Waals surface area contributed by atoms with Crippen LogP contribution in [0.3, 0.4) is 0 Å². The summed E-state index contributed by atoms with van der Waals surface area (Å²) < 4.78 is 1.87. The fourth-order valence-corrected chi connectivity index (χ4v) is 2.42. The third-order valence-electron chi connectivity index (χ3n) is 3.08. The zero-order chi connectivity index (χ0) is 14.8. The van der Waals surface area contributed by atoms with Crippen LogP contribution in [-0.2, 0) is 6.54 Å². The number of imidazole rings is 1. The number of hydrogen-bond donors (Lipinski definition) is 0. The number of allylic oxidation sites excluding steroid dienone is 1. The molecule has 21 heavy (non-hydrogen) atoms. The largest absolute Gasteiger partial charge is 0.311 e. The fourth-order valence-electron chi connectivity index (χ4n) is 2.00. The van der Waals surface area contributed by atoms with Gasteiger partial charge in [0.2, 0.25) is 5.28 Å². The van der Waals surface area contributed by atoms with Gasteiger partial charge < -0.3 is 4.57 Å². The van der Waals surface area contributed by atoms with Crippen LogP contribution in [0.4, 0.5) is 0 Å². The Bertz CT molecular complexity index is 806. The molecule has 2 aromatic heterocycles. The zero-order valence-electron chi connectivity index (χ0n) is 11.3. The summed E-state index contributed by atoms with van der Waals surface area (Å²) in [5.41, 5.74) is 3.59. The lowest BCUT2D eigenvalue weighted by Gasteiger charge is -2.00. The van der Waals surface area contributed by atoms with E-state index in [1.54, 1.807) is 6.33 Å². The van der Waals surface area contributed by atoms with Gasteiger partial charge in [-0.3, -0.25) is 0 Å². The second kappa shape index (κ2) is 5.84. The molecule has 0 unspecified atom stereocenters. The van der Waals surface area contributed by atoms with Crippen molar-refractivity contribution in [2.24, 2.45) is 0 Å². The number of rotatable bonds is 3. The molecule has 0 atom stereocenters. The molecule has 3 aromatic rings. The van der Waals surface area contributed by atoms with Crippen molar-refractivity contribution in [1.82, 2.24) is 19.5 Å². The van der Waals surface area contributed by atoms with Crippen LogP contribution in [0.25, 0.3) is 17.2 Å². The molecule has 0 fully saturated rings. The van der Waals surface area contributed by atoms with Gasteiger partial charge in [0, 0.05) is 6.54 Å². The van der Waals surface area contributed by atoms with Gasteiger partial charge in [-0.2, -0.15) is 4.98 Å². The van der Waals surface area contributed by atoms with Gasteiger partial charge in [-0.1, -0.05) is 53.6 Å². The smallest absolute Gasteiger partial charge is 0.225 e. The van der Waals surface area contributed by atoms with Gasteiger partial charge in [0.05, 0.1) is 6.33 Å². The van der Waals surface area contributed by atoms with E-state index in [9.17, 15) is 0 Å². The molecule has 0 saturated heterocycles. The van der Waals surface area contributed by atoms with Crippen molar-refractivity contribution < 1.29 is 0 Å². The molecule has 0 aliphatic heterocycles. The van der Waals surface area contributed by atoms with Gasteiger partial charge in [0.1, 0.15) is 5.52 Å². The first-order valence-corrected chi connectivity index (χ1v) is 7.16. The maximum Gasteiger partial charge on any atom is 0.225 e. The van der Waals surface area contributed by atoms with E-state index >= 15 is 0 Å². The van der Waals surface area contributed by atoms with Gasteiger partial charge in [-0.25, -0.2) is 9.97 Å². The van der Waals surface area contributed by atoms with Crippen molar-refractivity contribution in [3.63, 3.8) is 0 Å². The average Bonchev–Trinajstić information content (AvgIpc) is 2.84. The van der Waals surface area contributed by atoms with Crippen LogP contribution in [-0.4, -0.2) is 19.5 Å². The molecule has 106 valence electrons. The monoisotopic (exact) mass is 318 g/mol. The summed E-state index contributed by atoms with van der Waals surface area (Å²) in [5, 5.41) is 0.392. The molecule has 0 bridgehead atoms. The van der Waals surface area contributed by atoms with Crippen LogP contribution in [0, 0.1) is 6.92 Å². The van der Waals surface area contributed by atoms with Gasteiger partial charge in [0.25, 0.3) is 0 Å². The van der Waals surface area contributed by atoms with E-state index in [-0.39, 0.29) is 10.4 Å². The SMILES string of the molecule is Cc1ccc(/C=C/Cn2cnc3c(Cl)nc(Cl)nc32)cc1. The second-order valence-corrected chi connectivity index (χ2v) is 5.36. The minimum atomic E-state index is 0.122. The molecule has 3 rings (SSSR count). The predicted octanol–water partition coefficient (Wildman–Crippen LogP) is 4.15. The Balaban J connectivity index is 1.84.